The van der Waals surface area contributed by atoms with Crippen molar-refractivity contribution in [2.45, 2.75) is 20.4 Å². The molecule has 0 saturated carbocycles. The zero-order valence-corrected chi connectivity index (χ0v) is 12.2. The SMILES string of the molecule is CCN(Cc1ccco1)C(=O)c1cc2cc(C)ccc2[nH]1. The van der Waals surface area contributed by atoms with E-state index in [1.54, 1.807) is 11.2 Å². The van der Waals surface area contributed by atoms with Gasteiger partial charge >= 0.3 is 0 Å². The van der Waals surface area contributed by atoms with Gasteiger partial charge in [0.15, 0.2) is 0 Å². The molecule has 0 aliphatic heterocycles. The summed E-state index contributed by atoms with van der Waals surface area (Å²) in [6, 6.07) is 11.7. The van der Waals surface area contributed by atoms with E-state index >= 15 is 0 Å². The molecule has 0 aliphatic rings. The molecule has 3 aromatic rings. The highest BCUT2D eigenvalue weighted by Gasteiger charge is 2.17. The minimum Gasteiger partial charge on any atom is -0.467 e. The van der Waals surface area contributed by atoms with E-state index in [9.17, 15) is 4.79 Å². The molecule has 1 N–H and O–H groups in total. The quantitative estimate of drug-likeness (QED) is 0.792. The highest BCUT2D eigenvalue weighted by atomic mass is 16.3. The monoisotopic (exact) mass is 282 g/mol. The van der Waals surface area contributed by atoms with Crippen LogP contribution in [-0.4, -0.2) is 22.3 Å². The van der Waals surface area contributed by atoms with Crippen molar-refractivity contribution in [2.24, 2.45) is 0 Å². The second-order valence-corrected chi connectivity index (χ2v) is 5.17. The molecule has 0 atom stereocenters. The average Bonchev–Trinajstić information content (AvgIpc) is 3.12. The lowest BCUT2D eigenvalue weighted by molar-refractivity contribution is 0.0736. The number of hydrogen-bond acceptors (Lipinski definition) is 2. The fraction of sp³-hybridized carbons (Fsp3) is 0.235. The number of furan rings is 1. The van der Waals surface area contributed by atoms with Gasteiger partial charge in [-0.2, -0.15) is 0 Å². The van der Waals surface area contributed by atoms with Crippen LogP contribution in [0.1, 0.15) is 28.7 Å². The van der Waals surface area contributed by atoms with E-state index < -0.39 is 0 Å². The number of fused-ring (bicyclic) bond motifs is 1. The van der Waals surface area contributed by atoms with Crippen molar-refractivity contribution >= 4 is 16.8 Å². The second kappa shape index (κ2) is 5.48. The summed E-state index contributed by atoms with van der Waals surface area (Å²) in [5, 5.41) is 1.06. The van der Waals surface area contributed by atoms with Crippen molar-refractivity contribution in [3.05, 3.63) is 59.7 Å². The van der Waals surface area contributed by atoms with Gasteiger partial charge in [0.05, 0.1) is 12.8 Å². The standard InChI is InChI=1S/C17H18N2O2/c1-3-19(11-14-5-4-8-21-14)17(20)16-10-13-9-12(2)6-7-15(13)18-16/h4-10,18H,3,11H2,1-2H3. The molecule has 108 valence electrons. The molecule has 21 heavy (non-hydrogen) atoms. The van der Waals surface area contributed by atoms with Crippen LogP contribution in [0.4, 0.5) is 0 Å². The van der Waals surface area contributed by atoms with E-state index in [2.05, 4.69) is 11.1 Å². The van der Waals surface area contributed by atoms with Crippen LogP contribution >= 0.6 is 0 Å². The van der Waals surface area contributed by atoms with Crippen LogP contribution in [0.15, 0.2) is 47.1 Å². The number of nitrogens with zero attached hydrogens (tertiary/aromatic N) is 1. The van der Waals surface area contributed by atoms with Gasteiger partial charge in [-0.1, -0.05) is 11.6 Å². The second-order valence-electron chi connectivity index (χ2n) is 5.17. The van der Waals surface area contributed by atoms with Gasteiger partial charge in [0.2, 0.25) is 0 Å². The minimum absolute atomic E-state index is 0.0113. The minimum atomic E-state index is -0.0113. The first-order chi connectivity index (χ1) is 10.2. The number of aromatic amines is 1. The first-order valence-electron chi connectivity index (χ1n) is 7.08. The Bertz CT molecular complexity index is 756. The Morgan fingerprint density at radius 2 is 2.14 bits per heavy atom. The molecule has 1 aromatic carbocycles. The Morgan fingerprint density at radius 1 is 1.29 bits per heavy atom. The van der Waals surface area contributed by atoms with E-state index in [0.717, 1.165) is 16.7 Å². The summed E-state index contributed by atoms with van der Waals surface area (Å²) in [5.41, 5.74) is 2.78. The Labute approximate surface area is 123 Å². The van der Waals surface area contributed by atoms with Gasteiger partial charge in [0.1, 0.15) is 11.5 Å². The molecule has 4 nitrogen and oxygen atoms in total. The van der Waals surface area contributed by atoms with Gasteiger partial charge in [-0.05, 0) is 44.2 Å². The molecule has 0 radical (unpaired) electrons. The lowest BCUT2D eigenvalue weighted by Crippen LogP contribution is -2.30. The summed E-state index contributed by atoms with van der Waals surface area (Å²) < 4.78 is 5.32. The first kappa shape index (κ1) is 13.5. The fourth-order valence-electron chi connectivity index (χ4n) is 2.46. The predicted molar refractivity (Wildman–Crippen MR) is 82.2 cm³/mol. The number of rotatable bonds is 4. The van der Waals surface area contributed by atoms with E-state index in [0.29, 0.717) is 18.8 Å². The maximum Gasteiger partial charge on any atom is 0.270 e. The number of carbonyl (C=O) groups is 1. The van der Waals surface area contributed by atoms with Gasteiger partial charge in [-0.3, -0.25) is 4.79 Å². The van der Waals surface area contributed by atoms with Crippen LogP contribution in [0.25, 0.3) is 10.9 Å². The van der Waals surface area contributed by atoms with Gasteiger partial charge in [0.25, 0.3) is 5.91 Å². The maximum absolute atomic E-state index is 12.6. The highest BCUT2D eigenvalue weighted by molar-refractivity contribution is 5.98. The van der Waals surface area contributed by atoms with Crippen LogP contribution in [0.5, 0.6) is 0 Å². The third kappa shape index (κ3) is 2.70. The number of aromatic nitrogens is 1. The number of carbonyl (C=O) groups excluding carboxylic acids is 1. The normalized spacial score (nSPS) is 11.0. The summed E-state index contributed by atoms with van der Waals surface area (Å²) in [7, 11) is 0. The van der Waals surface area contributed by atoms with Crippen LogP contribution in [-0.2, 0) is 6.54 Å². The Kier molecular flexibility index (Phi) is 3.52. The van der Waals surface area contributed by atoms with Crippen LogP contribution in [0, 0.1) is 6.92 Å². The van der Waals surface area contributed by atoms with Crippen molar-refractivity contribution in [2.75, 3.05) is 6.54 Å². The zero-order chi connectivity index (χ0) is 14.8. The third-order valence-electron chi connectivity index (χ3n) is 3.60. The van der Waals surface area contributed by atoms with Crippen LogP contribution in [0.3, 0.4) is 0 Å². The Morgan fingerprint density at radius 3 is 2.86 bits per heavy atom. The molecule has 4 heteroatoms. The number of aryl methyl sites for hydroxylation is 1. The Balaban J connectivity index is 1.87. The number of amides is 1. The molecular formula is C17H18N2O2. The van der Waals surface area contributed by atoms with Gasteiger partial charge in [0, 0.05) is 17.4 Å². The number of nitrogens with one attached hydrogen (secondary N) is 1. The molecular weight excluding hydrogens is 264 g/mol. The fourth-order valence-corrected chi connectivity index (χ4v) is 2.46. The van der Waals surface area contributed by atoms with Gasteiger partial charge in [-0.25, -0.2) is 0 Å². The molecule has 2 heterocycles. The van der Waals surface area contributed by atoms with Gasteiger partial charge in [-0.15, -0.1) is 0 Å². The molecule has 0 saturated heterocycles. The smallest absolute Gasteiger partial charge is 0.270 e. The van der Waals surface area contributed by atoms with Crippen LogP contribution < -0.4 is 0 Å². The topological polar surface area (TPSA) is 49.2 Å². The summed E-state index contributed by atoms with van der Waals surface area (Å²) in [4.78, 5) is 17.6. The summed E-state index contributed by atoms with van der Waals surface area (Å²) in [6.07, 6.45) is 1.62. The molecule has 0 fully saturated rings. The first-order valence-corrected chi connectivity index (χ1v) is 7.08. The van der Waals surface area contributed by atoms with Gasteiger partial charge < -0.3 is 14.3 Å². The lowest BCUT2D eigenvalue weighted by atomic mass is 10.2. The summed E-state index contributed by atoms with van der Waals surface area (Å²) in [5.74, 6) is 0.778. The lowest BCUT2D eigenvalue weighted by Gasteiger charge is -2.18. The number of hydrogen-bond donors (Lipinski definition) is 1. The van der Waals surface area contributed by atoms with E-state index in [4.69, 9.17) is 4.42 Å². The molecule has 2 aromatic heterocycles. The zero-order valence-electron chi connectivity index (χ0n) is 12.2. The average molecular weight is 282 g/mol. The van der Waals surface area contributed by atoms with Crippen molar-refractivity contribution in [1.29, 1.82) is 0 Å². The third-order valence-corrected chi connectivity index (χ3v) is 3.60. The molecule has 3 rings (SSSR count). The van der Waals surface area contributed by atoms with Crippen molar-refractivity contribution in [3.8, 4) is 0 Å². The maximum atomic E-state index is 12.6. The predicted octanol–water partition coefficient (Wildman–Crippen LogP) is 3.73. The number of H-pyrrole nitrogens is 1. The molecule has 0 unspecified atom stereocenters. The summed E-state index contributed by atoms with van der Waals surface area (Å²) in [6.45, 7) is 5.13. The van der Waals surface area contributed by atoms with E-state index in [1.807, 2.05) is 44.2 Å². The molecule has 0 bridgehead atoms. The Hall–Kier alpha value is -2.49. The van der Waals surface area contributed by atoms with Crippen LogP contribution in [0.2, 0.25) is 0 Å². The highest BCUT2D eigenvalue weighted by Crippen LogP contribution is 2.19. The van der Waals surface area contributed by atoms with Crippen molar-refractivity contribution in [1.82, 2.24) is 9.88 Å². The van der Waals surface area contributed by atoms with E-state index in [1.165, 1.54) is 5.56 Å². The molecule has 0 aliphatic carbocycles. The van der Waals surface area contributed by atoms with Crippen molar-refractivity contribution < 1.29 is 9.21 Å². The molecule has 1 amide bonds. The van der Waals surface area contributed by atoms with Crippen molar-refractivity contribution in [3.63, 3.8) is 0 Å². The largest absolute Gasteiger partial charge is 0.467 e. The van der Waals surface area contributed by atoms with E-state index in [-0.39, 0.29) is 5.91 Å². The number of benzene rings is 1. The summed E-state index contributed by atoms with van der Waals surface area (Å²) >= 11 is 0. The molecule has 0 spiro atoms.